The number of carbonyl (C=O) groups excluding carboxylic acids is 1. The van der Waals surface area contributed by atoms with Gasteiger partial charge < -0.3 is 5.32 Å². The molecule has 12 heavy (non-hydrogen) atoms. The molecule has 0 fully saturated rings. The lowest BCUT2D eigenvalue weighted by Crippen LogP contribution is -1.91. The van der Waals surface area contributed by atoms with E-state index in [1.54, 1.807) is 6.20 Å². The number of hydrogen-bond donors (Lipinski definition) is 1. The minimum atomic E-state index is 0.711. The molecule has 0 aromatic carbocycles. The van der Waals surface area contributed by atoms with Crippen LogP contribution in [0.1, 0.15) is 5.69 Å². The third-order valence-electron chi connectivity index (χ3n) is 1.29. The molecule has 3 nitrogen and oxygen atoms in total. The molecule has 62 valence electrons. The highest BCUT2D eigenvalue weighted by atomic mass is 16.1. The molecule has 1 aromatic heterocycles. The summed E-state index contributed by atoms with van der Waals surface area (Å²) < 4.78 is 0. The fraction of sp³-hybridized carbons (Fsp3) is 0.111. The second-order valence-electron chi connectivity index (χ2n) is 2.30. The SMILES string of the molecule is Cc1cccc(N/C=C/C=O)n1. The summed E-state index contributed by atoms with van der Waals surface area (Å²) in [4.78, 5) is 14.1. The van der Waals surface area contributed by atoms with Crippen LogP contribution in [-0.4, -0.2) is 11.3 Å². The van der Waals surface area contributed by atoms with Gasteiger partial charge in [-0.25, -0.2) is 4.98 Å². The summed E-state index contributed by atoms with van der Waals surface area (Å²) >= 11 is 0. The van der Waals surface area contributed by atoms with E-state index in [1.807, 2.05) is 25.1 Å². The van der Waals surface area contributed by atoms with Crippen LogP contribution in [0.25, 0.3) is 0 Å². The van der Waals surface area contributed by atoms with Crippen LogP contribution in [0.2, 0.25) is 0 Å². The van der Waals surface area contributed by atoms with E-state index < -0.39 is 0 Å². The third-order valence-corrected chi connectivity index (χ3v) is 1.29. The lowest BCUT2D eigenvalue weighted by atomic mass is 10.4. The van der Waals surface area contributed by atoms with Gasteiger partial charge in [-0.15, -0.1) is 0 Å². The number of aldehydes is 1. The standard InChI is InChI=1S/C9H10N2O/c1-8-4-2-5-9(11-8)10-6-3-7-12/h2-7H,1H3,(H,10,11)/b6-3+. The molecule has 1 N–H and O–H groups in total. The minimum absolute atomic E-state index is 0.711. The molecule has 1 rings (SSSR count). The van der Waals surface area contributed by atoms with Crippen LogP contribution in [0.3, 0.4) is 0 Å². The van der Waals surface area contributed by atoms with Gasteiger partial charge in [0.25, 0.3) is 0 Å². The van der Waals surface area contributed by atoms with Crippen LogP contribution in [0, 0.1) is 6.92 Å². The van der Waals surface area contributed by atoms with Crippen molar-refractivity contribution in [2.75, 3.05) is 5.32 Å². The minimum Gasteiger partial charge on any atom is -0.347 e. The predicted octanol–water partition coefficient (Wildman–Crippen LogP) is 1.51. The van der Waals surface area contributed by atoms with Crippen molar-refractivity contribution in [1.29, 1.82) is 0 Å². The highest BCUT2D eigenvalue weighted by Crippen LogP contribution is 2.02. The Kier molecular flexibility index (Phi) is 3.02. The molecule has 0 spiro atoms. The molecule has 1 heterocycles. The number of pyridine rings is 1. The summed E-state index contributed by atoms with van der Waals surface area (Å²) in [5.41, 5.74) is 0.944. The summed E-state index contributed by atoms with van der Waals surface area (Å²) in [6.07, 6.45) is 3.64. The molecule has 0 saturated carbocycles. The van der Waals surface area contributed by atoms with Gasteiger partial charge in [-0.1, -0.05) is 6.07 Å². The highest BCUT2D eigenvalue weighted by molar-refractivity contribution is 5.65. The first-order valence-electron chi connectivity index (χ1n) is 3.63. The number of nitrogens with zero attached hydrogens (tertiary/aromatic N) is 1. The first-order valence-corrected chi connectivity index (χ1v) is 3.63. The van der Waals surface area contributed by atoms with Crippen molar-refractivity contribution in [3.05, 3.63) is 36.2 Å². The monoisotopic (exact) mass is 162 g/mol. The fourth-order valence-corrected chi connectivity index (χ4v) is 0.796. The quantitative estimate of drug-likeness (QED) is 0.541. The number of aryl methyl sites for hydroxylation is 1. The van der Waals surface area contributed by atoms with Crippen molar-refractivity contribution in [3.63, 3.8) is 0 Å². The summed E-state index contributed by atoms with van der Waals surface area (Å²) in [5, 5.41) is 2.86. The molecule has 0 aliphatic rings. The first-order chi connectivity index (χ1) is 5.83. The summed E-state index contributed by atoms with van der Waals surface area (Å²) in [6.45, 7) is 1.91. The smallest absolute Gasteiger partial charge is 0.144 e. The molecule has 0 atom stereocenters. The van der Waals surface area contributed by atoms with Crippen molar-refractivity contribution in [1.82, 2.24) is 4.98 Å². The zero-order valence-electron chi connectivity index (χ0n) is 6.82. The second-order valence-corrected chi connectivity index (χ2v) is 2.30. The average molecular weight is 162 g/mol. The Bertz CT molecular complexity index is 294. The van der Waals surface area contributed by atoms with E-state index in [9.17, 15) is 4.79 Å². The third kappa shape index (κ3) is 2.54. The van der Waals surface area contributed by atoms with Crippen molar-refractivity contribution in [3.8, 4) is 0 Å². The summed E-state index contributed by atoms with van der Waals surface area (Å²) in [6, 6.07) is 5.65. The van der Waals surface area contributed by atoms with Crippen molar-refractivity contribution in [2.24, 2.45) is 0 Å². The van der Waals surface area contributed by atoms with Crippen LogP contribution >= 0.6 is 0 Å². The Balaban J connectivity index is 2.63. The average Bonchev–Trinajstić information content (AvgIpc) is 2.05. The van der Waals surface area contributed by atoms with E-state index in [0.717, 1.165) is 11.5 Å². The topological polar surface area (TPSA) is 42.0 Å². The van der Waals surface area contributed by atoms with Gasteiger partial charge in [0.15, 0.2) is 0 Å². The van der Waals surface area contributed by atoms with Gasteiger partial charge in [0.1, 0.15) is 12.1 Å². The van der Waals surface area contributed by atoms with Crippen LogP contribution in [-0.2, 0) is 4.79 Å². The maximum absolute atomic E-state index is 9.91. The van der Waals surface area contributed by atoms with Gasteiger partial charge in [-0.3, -0.25) is 4.79 Å². The van der Waals surface area contributed by atoms with Gasteiger partial charge in [0.2, 0.25) is 0 Å². The lowest BCUT2D eigenvalue weighted by molar-refractivity contribution is -0.104. The molecule has 0 saturated heterocycles. The second kappa shape index (κ2) is 4.28. The zero-order valence-corrected chi connectivity index (χ0v) is 6.82. The summed E-state index contributed by atoms with van der Waals surface area (Å²) in [5.74, 6) is 0.744. The zero-order chi connectivity index (χ0) is 8.81. The van der Waals surface area contributed by atoms with E-state index in [4.69, 9.17) is 0 Å². The van der Waals surface area contributed by atoms with Crippen LogP contribution in [0.15, 0.2) is 30.5 Å². The van der Waals surface area contributed by atoms with E-state index in [2.05, 4.69) is 10.3 Å². The maximum Gasteiger partial charge on any atom is 0.144 e. The summed E-state index contributed by atoms with van der Waals surface area (Å²) in [7, 11) is 0. The number of rotatable bonds is 3. The Labute approximate surface area is 71.1 Å². The fourth-order valence-electron chi connectivity index (χ4n) is 0.796. The Hall–Kier alpha value is -1.64. The number of aromatic nitrogens is 1. The van der Waals surface area contributed by atoms with E-state index in [1.165, 1.54) is 6.08 Å². The molecule has 0 bridgehead atoms. The Morgan fingerprint density at radius 1 is 1.50 bits per heavy atom. The predicted molar refractivity (Wildman–Crippen MR) is 47.8 cm³/mol. The molecule has 0 unspecified atom stereocenters. The van der Waals surface area contributed by atoms with Crippen molar-refractivity contribution >= 4 is 12.1 Å². The molecule has 0 radical (unpaired) electrons. The molecular weight excluding hydrogens is 152 g/mol. The molecular formula is C9H10N2O. The van der Waals surface area contributed by atoms with E-state index in [-0.39, 0.29) is 0 Å². The Morgan fingerprint density at radius 2 is 2.33 bits per heavy atom. The van der Waals surface area contributed by atoms with Gasteiger partial charge in [0.05, 0.1) is 0 Å². The molecule has 0 aliphatic carbocycles. The normalized spacial score (nSPS) is 10.1. The van der Waals surface area contributed by atoms with Crippen molar-refractivity contribution < 1.29 is 4.79 Å². The number of allylic oxidation sites excluding steroid dienone is 1. The number of hydrogen-bond acceptors (Lipinski definition) is 3. The van der Waals surface area contributed by atoms with E-state index >= 15 is 0 Å². The van der Waals surface area contributed by atoms with Gasteiger partial charge >= 0.3 is 0 Å². The Morgan fingerprint density at radius 3 is 3.00 bits per heavy atom. The van der Waals surface area contributed by atoms with Crippen LogP contribution in [0.4, 0.5) is 5.82 Å². The number of nitrogens with one attached hydrogen (secondary N) is 1. The van der Waals surface area contributed by atoms with Crippen LogP contribution < -0.4 is 5.32 Å². The van der Waals surface area contributed by atoms with Gasteiger partial charge in [0, 0.05) is 11.9 Å². The lowest BCUT2D eigenvalue weighted by Gasteiger charge is -1.98. The van der Waals surface area contributed by atoms with Crippen molar-refractivity contribution in [2.45, 2.75) is 6.92 Å². The largest absolute Gasteiger partial charge is 0.347 e. The maximum atomic E-state index is 9.91. The number of carbonyl (C=O) groups is 1. The van der Waals surface area contributed by atoms with Gasteiger partial charge in [-0.05, 0) is 25.1 Å². The first kappa shape index (κ1) is 8.46. The molecule has 1 aromatic rings. The molecule has 0 amide bonds. The van der Waals surface area contributed by atoms with Crippen LogP contribution in [0.5, 0.6) is 0 Å². The van der Waals surface area contributed by atoms with E-state index in [0.29, 0.717) is 6.29 Å². The van der Waals surface area contributed by atoms with Gasteiger partial charge in [-0.2, -0.15) is 0 Å². The highest BCUT2D eigenvalue weighted by Gasteiger charge is 1.88. The number of anilines is 1. The molecule has 3 heteroatoms. The molecule has 0 aliphatic heterocycles.